The van der Waals surface area contributed by atoms with Gasteiger partial charge in [-0.3, -0.25) is 0 Å². The van der Waals surface area contributed by atoms with Gasteiger partial charge in [-0.1, -0.05) is 58.9 Å². The molecule has 0 aliphatic heterocycles. The molecule has 1 atom stereocenters. The summed E-state index contributed by atoms with van der Waals surface area (Å²) in [4.78, 5) is 0. The summed E-state index contributed by atoms with van der Waals surface area (Å²) in [7, 11) is 0. The molecule has 0 aromatic rings. The molecule has 0 nitrogen and oxygen atoms in total. The molecule has 0 bridgehead atoms. The first-order valence-corrected chi connectivity index (χ1v) is 7.39. The van der Waals surface area contributed by atoms with E-state index in [4.69, 9.17) is 0 Å². The van der Waals surface area contributed by atoms with Gasteiger partial charge in [-0.25, -0.2) is 0 Å². The predicted molar refractivity (Wildman–Crippen MR) is 84.7 cm³/mol. The second-order valence-electron chi connectivity index (χ2n) is 6.01. The molecule has 20 heavy (non-hydrogen) atoms. The first kappa shape index (κ1) is 14.4. The second kappa shape index (κ2) is 5.35. The van der Waals surface area contributed by atoms with E-state index in [1.165, 1.54) is 47.3 Å². The molecule has 2 fully saturated rings. The zero-order chi connectivity index (χ0) is 14.4. The Morgan fingerprint density at radius 3 is 2.00 bits per heavy atom. The number of hydrogen-bond donors (Lipinski definition) is 0. The van der Waals surface area contributed by atoms with Crippen molar-refractivity contribution in [3.63, 3.8) is 0 Å². The van der Waals surface area contributed by atoms with Crippen molar-refractivity contribution in [3.8, 4) is 0 Å². The minimum Gasteiger partial charge on any atom is -0.0762 e. The Hall–Kier alpha value is -0.520. The van der Waals surface area contributed by atoms with E-state index in [1.807, 2.05) is 0 Å². The number of allylic oxidation sites excluding steroid dienone is 4. The van der Waals surface area contributed by atoms with Crippen LogP contribution in [0.1, 0.15) is 34.6 Å². The molecule has 10 radical (unpaired) electrons. The van der Waals surface area contributed by atoms with Gasteiger partial charge in [0.05, 0.1) is 0 Å². The largest absolute Gasteiger partial charge is 0.0762 e. The van der Waals surface area contributed by atoms with Crippen LogP contribution in [0.15, 0.2) is 24.3 Å². The summed E-state index contributed by atoms with van der Waals surface area (Å²) in [6.45, 7) is 11.4. The van der Waals surface area contributed by atoms with Gasteiger partial charge in [0, 0.05) is 11.8 Å². The second-order valence-corrected chi connectivity index (χ2v) is 6.01. The van der Waals surface area contributed by atoms with E-state index in [-0.39, 0.29) is 0 Å². The molecule has 3 rings (SSSR count). The summed E-state index contributed by atoms with van der Waals surface area (Å²) in [5.41, 5.74) is 0. The maximum atomic E-state index is 2.34. The Morgan fingerprint density at radius 1 is 0.750 bits per heavy atom. The molecule has 3 aliphatic rings. The number of rotatable bonds is 2. The third kappa shape index (κ3) is 2.11. The van der Waals surface area contributed by atoms with E-state index in [1.54, 1.807) is 0 Å². The highest BCUT2D eigenvalue weighted by atomic mass is 14.5. The monoisotopic (exact) mass is 262 g/mol. The van der Waals surface area contributed by atoms with Crippen LogP contribution in [-0.2, 0) is 0 Å². The van der Waals surface area contributed by atoms with Crippen LogP contribution in [0.3, 0.4) is 0 Å². The lowest BCUT2D eigenvalue weighted by Crippen LogP contribution is -2.25. The normalized spacial score (nSPS) is 30.6. The van der Waals surface area contributed by atoms with Crippen molar-refractivity contribution >= 4 is 0 Å². The predicted octanol–water partition coefficient (Wildman–Crippen LogP) is 4.86. The maximum Gasteiger partial charge on any atom is 0.0161 e. The summed E-state index contributed by atoms with van der Waals surface area (Å²) >= 11 is 0. The minimum atomic E-state index is 0.460. The lowest BCUT2D eigenvalue weighted by atomic mass is 9.69. The van der Waals surface area contributed by atoms with Gasteiger partial charge in [0.1, 0.15) is 0 Å². The van der Waals surface area contributed by atoms with Gasteiger partial charge < -0.3 is 0 Å². The van der Waals surface area contributed by atoms with Gasteiger partial charge in [0.25, 0.3) is 0 Å². The summed E-state index contributed by atoms with van der Waals surface area (Å²) in [6, 6.07) is 0. The summed E-state index contributed by atoms with van der Waals surface area (Å²) in [5, 5.41) is 0. The first-order chi connectivity index (χ1) is 9.52. The van der Waals surface area contributed by atoms with Crippen LogP contribution < -0.4 is 0 Å². The van der Waals surface area contributed by atoms with Crippen LogP contribution in [0.25, 0.3) is 0 Å². The Bertz CT molecular complexity index is 390. The standard InChI is InChI=1S/C20H22/c1-12-13(2)15(4)20(14(12)3)16(5)18-11-10-17-8-6-7-9-19(17)18/h6-11,16H,1-5H3. The zero-order valence-electron chi connectivity index (χ0n) is 13.0. The molecule has 0 N–H and O–H groups in total. The molecular formula is C20H22. The van der Waals surface area contributed by atoms with Crippen molar-refractivity contribution < 1.29 is 0 Å². The zero-order valence-corrected chi connectivity index (χ0v) is 13.0. The molecular weight excluding hydrogens is 240 g/mol. The molecule has 2 saturated carbocycles. The van der Waals surface area contributed by atoms with Crippen molar-refractivity contribution in [1.82, 2.24) is 0 Å². The third-order valence-electron chi connectivity index (χ3n) is 5.11. The van der Waals surface area contributed by atoms with E-state index in [2.05, 4.69) is 71.8 Å². The molecule has 102 valence electrons. The van der Waals surface area contributed by atoms with Crippen molar-refractivity contribution in [1.29, 1.82) is 0 Å². The molecule has 0 amide bonds. The van der Waals surface area contributed by atoms with Crippen molar-refractivity contribution in [2.75, 3.05) is 0 Å². The minimum absolute atomic E-state index is 0.460. The molecule has 3 aliphatic carbocycles. The van der Waals surface area contributed by atoms with Gasteiger partial charge in [0.2, 0.25) is 0 Å². The number of fused-ring (bicyclic) bond motifs is 1. The van der Waals surface area contributed by atoms with E-state index in [9.17, 15) is 0 Å². The van der Waals surface area contributed by atoms with Crippen molar-refractivity contribution in [2.45, 2.75) is 34.6 Å². The molecule has 0 heterocycles. The summed E-state index contributed by atoms with van der Waals surface area (Å²) < 4.78 is 0. The Morgan fingerprint density at radius 2 is 1.35 bits per heavy atom. The summed E-state index contributed by atoms with van der Waals surface area (Å²) in [5.74, 6) is 12.0. The maximum absolute atomic E-state index is 2.34. The fraction of sp³-hybridized carbons (Fsp3) is 0.300. The van der Waals surface area contributed by atoms with Crippen LogP contribution in [0.4, 0.5) is 0 Å². The average Bonchev–Trinajstić information content (AvgIpc) is 2.96. The smallest absolute Gasteiger partial charge is 0.0161 e. The lowest BCUT2D eigenvalue weighted by molar-refractivity contribution is 0.627. The highest BCUT2D eigenvalue weighted by Crippen LogP contribution is 2.60. The van der Waals surface area contributed by atoms with E-state index < -0.39 is 0 Å². The molecule has 0 aromatic carbocycles. The van der Waals surface area contributed by atoms with Crippen molar-refractivity contribution in [3.05, 3.63) is 84.5 Å². The van der Waals surface area contributed by atoms with Gasteiger partial charge >= 0.3 is 0 Å². The van der Waals surface area contributed by atoms with Crippen LogP contribution >= 0.6 is 0 Å². The fourth-order valence-corrected chi connectivity index (χ4v) is 3.60. The quantitative estimate of drug-likeness (QED) is 0.666. The highest BCUT2D eigenvalue weighted by molar-refractivity contribution is 5.67. The number of hydrogen-bond acceptors (Lipinski definition) is 0. The highest BCUT2D eigenvalue weighted by Gasteiger charge is 2.50. The Balaban J connectivity index is 1.78. The first-order valence-electron chi connectivity index (χ1n) is 7.39. The molecule has 0 heteroatoms. The fourth-order valence-electron chi connectivity index (χ4n) is 3.60. The van der Waals surface area contributed by atoms with Gasteiger partial charge in [-0.05, 0) is 54.3 Å². The molecule has 0 spiro atoms. The average molecular weight is 262 g/mol. The van der Waals surface area contributed by atoms with Gasteiger partial charge in [-0.2, -0.15) is 0 Å². The molecule has 0 aromatic heterocycles. The van der Waals surface area contributed by atoms with Crippen LogP contribution in [-0.4, -0.2) is 0 Å². The van der Waals surface area contributed by atoms with Crippen LogP contribution in [0.2, 0.25) is 0 Å². The lowest BCUT2D eigenvalue weighted by Gasteiger charge is -2.34. The van der Waals surface area contributed by atoms with E-state index in [0.29, 0.717) is 5.92 Å². The van der Waals surface area contributed by atoms with Crippen LogP contribution in [0, 0.1) is 66.1 Å². The molecule has 1 unspecified atom stereocenters. The third-order valence-corrected chi connectivity index (χ3v) is 5.11. The van der Waals surface area contributed by atoms with E-state index in [0.717, 1.165) is 0 Å². The Kier molecular flexibility index (Phi) is 3.86. The van der Waals surface area contributed by atoms with Crippen molar-refractivity contribution in [2.24, 2.45) is 5.92 Å². The SMILES string of the molecule is C[C]1[C](C)[C](C)[C](C(C)[C]2[CH][CH][C]3C=CC=C[C]32)[C]1C. The topological polar surface area (TPSA) is 0 Å². The van der Waals surface area contributed by atoms with E-state index >= 15 is 0 Å². The van der Waals surface area contributed by atoms with Crippen LogP contribution in [0.5, 0.6) is 0 Å². The summed E-state index contributed by atoms with van der Waals surface area (Å²) in [6.07, 6.45) is 13.2. The molecule has 0 saturated heterocycles. The van der Waals surface area contributed by atoms with Gasteiger partial charge in [-0.15, -0.1) is 0 Å². The van der Waals surface area contributed by atoms with Gasteiger partial charge in [0.15, 0.2) is 0 Å². The Labute approximate surface area is 125 Å².